The molecule has 140 valence electrons. The lowest BCUT2D eigenvalue weighted by atomic mass is 10.1. The number of hydrogen-bond acceptors (Lipinski definition) is 7. The maximum Gasteiger partial charge on any atom is 0.303 e. The molecule has 0 spiro atoms. The van der Waals surface area contributed by atoms with Gasteiger partial charge in [0.05, 0.1) is 22.9 Å². The Morgan fingerprint density at radius 3 is 2.74 bits per heavy atom. The largest absolute Gasteiger partial charge is 0.548 e. The number of thiazole rings is 1. The topological polar surface area (TPSA) is 132 Å². The lowest BCUT2D eigenvalue weighted by Gasteiger charge is -2.19. The summed E-state index contributed by atoms with van der Waals surface area (Å²) in [6.45, 7) is 0. The number of carbonyl (C=O) groups is 3. The normalized spacial score (nSPS) is 14.0. The maximum atomic E-state index is 12.4. The highest BCUT2D eigenvalue weighted by atomic mass is 79.9. The number of carbonyl (C=O) groups excluding carboxylic acids is 2. The van der Waals surface area contributed by atoms with Crippen LogP contribution in [0.2, 0.25) is 0 Å². The smallest absolute Gasteiger partial charge is 0.303 e. The van der Waals surface area contributed by atoms with Crippen LogP contribution in [0.25, 0.3) is 5.57 Å². The van der Waals surface area contributed by atoms with Crippen molar-refractivity contribution in [2.24, 2.45) is 4.99 Å². The highest BCUT2D eigenvalue weighted by Gasteiger charge is 2.28. The third-order valence-electron chi connectivity index (χ3n) is 3.92. The number of rotatable bonds is 6. The predicted octanol–water partition coefficient (Wildman–Crippen LogP) is 0.262. The van der Waals surface area contributed by atoms with Crippen molar-refractivity contribution in [2.45, 2.75) is 18.9 Å². The third-order valence-corrected chi connectivity index (χ3v) is 5.83. The minimum absolute atomic E-state index is 0.0224. The molecule has 1 aromatic heterocycles. The Labute approximate surface area is 168 Å². The third kappa shape index (κ3) is 3.57. The quantitative estimate of drug-likeness (QED) is 0.579. The van der Waals surface area contributed by atoms with Crippen LogP contribution in [-0.4, -0.2) is 32.6 Å². The van der Waals surface area contributed by atoms with Gasteiger partial charge in [0, 0.05) is 16.1 Å². The van der Waals surface area contributed by atoms with Crippen LogP contribution in [0.5, 0.6) is 5.88 Å². The van der Waals surface area contributed by atoms with Gasteiger partial charge in [-0.3, -0.25) is 14.2 Å². The van der Waals surface area contributed by atoms with Gasteiger partial charge < -0.3 is 20.1 Å². The molecule has 0 fully saturated rings. The van der Waals surface area contributed by atoms with E-state index in [-0.39, 0.29) is 20.8 Å². The summed E-state index contributed by atoms with van der Waals surface area (Å²) in [5.74, 6) is -3.89. The van der Waals surface area contributed by atoms with E-state index in [1.165, 1.54) is 0 Å². The molecule has 1 aliphatic rings. The van der Waals surface area contributed by atoms with E-state index in [1.807, 2.05) is 0 Å². The van der Waals surface area contributed by atoms with E-state index in [2.05, 4.69) is 20.9 Å². The number of carboxylic acid groups (broad SMARTS) is 2. The minimum Gasteiger partial charge on any atom is -0.548 e. The van der Waals surface area contributed by atoms with Crippen LogP contribution in [0.3, 0.4) is 0 Å². The van der Waals surface area contributed by atoms with Gasteiger partial charge in [0.1, 0.15) is 4.88 Å². The van der Waals surface area contributed by atoms with E-state index in [9.17, 15) is 24.6 Å². The summed E-state index contributed by atoms with van der Waals surface area (Å²) in [4.78, 5) is 38.6. The van der Waals surface area contributed by atoms with E-state index in [1.54, 1.807) is 18.2 Å². The van der Waals surface area contributed by atoms with Crippen LogP contribution in [0.15, 0.2) is 27.7 Å². The van der Waals surface area contributed by atoms with Gasteiger partial charge in [-0.25, -0.2) is 4.99 Å². The van der Waals surface area contributed by atoms with Gasteiger partial charge in [-0.05, 0) is 36.8 Å². The fourth-order valence-electron chi connectivity index (χ4n) is 2.73. The summed E-state index contributed by atoms with van der Waals surface area (Å²) >= 11 is 9.31. The average molecular weight is 470 g/mol. The Hall–Kier alpha value is -2.37. The van der Waals surface area contributed by atoms with Gasteiger partial charge in [-0.2, -0.15) is 0 Å². The highest BCUT2D eigenvalue weighted by Crippen LogP contribution is 2.36. The second-order valence-electron chi connectivity index (χ2n) is 5.61. The molecule has 1 unspecified atom stereocenters. The summed E-state index contributed by atoms with van der Waals surface area (Å²) in [7, 11) is 0. The molecule has 2 heterocycles. The summed E-state index contributed by atoms with van der Waals surface area (Å²) in [6.07, 6.45) is -0.781. The molecule has 2 N–H and O–H groups in total. The number of nitrogens with zero attached hydrogens (tertiary/aromatic N) is 2. The number of amides is 1. The van der Waals surface area contributed by atoms with E-state index in [0.29, 0.717) is 15.0 Å². The zero-order valence-corrected chi connectivity index (χ0v) is 16.6. The molecule has 0 bridgehead atoms. The molecule has 2 aromatic rings. The summed E-state index contributed by atoms with van der Waals surface area (Å²) in [6, 6.07) is 3.53. The van der Waals surface area contributed by atoms with Crippen molar-refractivity contribution in [3.63, 3.8) is 0 Å². The Morgan fingerprint density at radius 1 is 1.41 bits per heavy atom. The van der Waals surface area contributed by atoms with Crippen molar-refractivity contribution in [2.75, 3.05) is 0 Å². The molecule has 11 heteroatoms. The standard InChI is InChI=1S/C16H11BrN2O6S2/c17-6-1-2-8-7(5-6)11(13(22)18-8)12-14(23)19(16(26)27-12)9(15(24)25)3-4-10(20)21/h1-2,5,9,23H,3-4H2,(H,20,21)(H,24,25)/p-1. The van der Waals surface area contributed by atoms with Crippen LogP contribution >= 0.6 is 39.5 Å². The number of aromatic nitrogens is 1. The van der Waals surface area contributed by atoms with Crippen molar-refractivity contribution in [3.05, 3.63) is 42.1 Å². The van der Waals surface area contributed by atoms with E-state index in [0.717, 1.165) is 15.9 Å². The number of halogens is 1. The molecule has 8 nitrogen and oxygen atoms in total. The van der Waals surface area contributed by atoms with Crippen LogP contribution in [0.1, 0.15) is 23.8 Å². The summed E-state index contributed by atoms with van der Waals surface area (Å²) in [5.41, 5.74) is 0.106. The predicted molar refractivity (Wildman–Crippen MR) is 98.2 cm³/mol. The SMILES string of the molecule is O=C(O)CCC(C(=O)[O-])n1c(O)c(C2=c3cc(Br)ccc3=NC2=O)sc1=S. The lowest BCUT2D eigenvalue weighted by molar-refractivity contribution is -0.310. The van der Waals surface area contributed by atoms with Crippen LogP contribution in [-0.2, 0) is 14.4 Å². The Kier molecular flexibility index (Phi) is 5.27. The first kappa shape index (κ1) is 19.4. The van der Waals surface area contributed by atoms with Crippen molar-refractivity contribution in [3.8, 4) is 5.88 Å². The van der Waals surface area contributed by atoms with E-state index >= 15 is 0 Å². The maximum absolute atomic E-state index is 12.4. The van der Waals surface area contributed by atoms with Crippen molar-refractivity contribution < 1.29 is 29.7 Å². The minimum atomic E-state index is -1.58. The van der Waals surface area contributed by atoms with E-state index in [4.69, 9.17) is 17.3 Å². The number of carboxylic acids is 2. The number of aliphatic carboxylic acids is 2. The first-order valence-electron chi connectivity index (χ1n) is 7.51. The molecule has 1 atom stereocenters. The number of hydrogen-bond donors (Lipinski definition) is 2. The van der Waals surface area contributed by atoms with Crippen molar-refractivity contribution >= 4 is 62.9 Å². The zero-order valence-electron chi connectivity index (χ0n) is 13.3. The molecule has 0 radical (unpaired) electrons. The average Bonchev–Trinajstić information content (AvgIpc) is 3.04. The lowest BCUT2D eigenvalue weighted by Crippen LogP contribution is -2.33. The Balaban J connectivity index is 2.20. The van der Waals surface area contributed by atoms with Gasteiger partial charge >= 0.3 is 5.97 Å². The molecule has 27 heavy (non-hydrogen) atoms. The van der Waals surface area contributed by atoms with Gasteiger partial charge in [-0.15, -0.1) is 11.3 Å². The molecular formula is C16H10BrN2O6S2-. The number of benzene rings is 1. The Morgan fingerprint density at radius 2 is 2.11 bits per heavy atom. The summed E-state index contributed by atoms with van der Waals surface area (Å²) < 4.78 is 1.58. The fraction of sp³-hybridized carbons (Fsp3) is 0.188. The molecular weight excluding hydrogens is 460 g/mol. The molecule has 1 aliphatic heterocycles. The second-order valence-corrected chi connectivity index (χ2v) is 8.17. The second kappa shape index (κ2) is 7.33. The van der Waals surface area contributed by atoms with Crippen molar-refractivity contribution in [1.29, 1.82) is 0 Å². The molecule has 0 saturated carbocycles. The zero-order chi connectivity index (χ0) is 19.9. The molecule has 3 rings (SSSR count). The molecule has 1 aromatic carbocycles. The highest BCUT2D eigenvalue weighted by molar-refractivity contribution is 9.10. The first-order chi connectivity index (χ1) is 12.7. The Bertz CT molecular complexity index is 1170. The van der Waals surface area contributed by atoms with Crippen LogP contribution < -0.4 is 15.7 Å². The van der Waals surface area contributed by atoms with Crippen molar-refractivity contribution in [1.82, 2.24) is 4.57 Å². The van der Waals surface area contributed by atoms with E-state index < -0.39 is 36.2 Å². The summed E-state index contributed by atoms with van der Waals surface area (Å²) in [5, 5.41) is 31.8. The van der Waals surface area contributed by atoms with Crippen LogP contribution in [0.4, 0.5) is 0 Å². The number of aromatic hydroxyl groups is 1. The first-order valence-corrected chi connectivity index (χ1v) is 9.52. The fourth-order valence-corrected chi connectivity index (χ4v) is 4.53. The van der Waals surface area contributed by atoms with Gasteiger partial charge in [0.2, 0.25) is 5.88 Å². The molecule has 0 saturated heterocycles. The molecule has 0 aliphatic carbocycles. The number of fused-ring (bicyclic) bond motifs is 1. The monoisotopic (exact) mass is 469 g/mol. The van der Waals surface area contributed by atoms with Crippen LogP contribution in [0, 0.1) is 3.95 Å². The van der Waals surface area contributed by atoms with Gasteiger partial charge in [0.25, 0.3) is 5.91 Å². The van der Waals surface area contributed by atoms with Gasteiger partial charge in [-0.1, -0.05) is 15.9 Å². The van der Waals surface area contributed by atoms with Gasteiger partial charge in [0.15, 0.2) is 3.95 Å². The molecule has 1 amide bonds.